The molecule has 1 atom stereocenters. The number of rotatable bonds is 6. The first kappa shape index (κ1) is 18.3. The van der Waals surface area contributed by atoms with Crippen LogP contribution >= 0.6 is 11.6 Å². The highest BCUT2D eigenvalue weighted by atomic mass is 35.5. The third kappa shape index (κ3) is 4.35. The van der Waals surface area contributed by atoms with Crippen molar-refractivity contribution >= 4 is 29.1 Å². The number of nitrogens with zero attached hydrogens (tertiary/aromatic N) is 1. The van der Waals surface area contributed by atoms with Crippen LogP contribution in [0.5, 0.6) is 5.75 Å². The molecule has 1 saturated heterocycles. The van der Waals surface area contributed by atoms with Gasteiger partial charge in [-0.2, -0.15) is 0 Å². The summed E-state index contributed by atoms with van der Waals surface area (Å²) in [7, 11) is 1.60. The molecule has 136 valence electrons. The van der Waals surface area contributed by atoms with Gasteiger partial charge < -0.3 is 15.0 Å². The molecular weight excluding hydrogens is 352 g/mol. The molecular formula is C20H21ClN2O3. The average molecular weight is 373 g/mol. The van der Waals surface area contributed by atoms with Crippen molar-refractivity contribution in [1.82, 2.24) is 5.32 Å². The fraction of sp³-hybridized carbons (Fsp3) is 0.300. The number of amides is 2. The molecule has 1 aliphatic rings. The molecule has 1 aliphatic heterocycles. The molecule has 3 rings (SSSR count). The zero-order chi connectivity index (χ0) is 18.5. The van der Waals surface area contributed by atoms with E-state index in [-0.39, 0.29) is 24.2 Å². The largest absolute Gasteiger partial charge is 0.497 e. The van der Waals surface area contributed by atoms with Crippen LogP contribution in [-0.4, -0.2) is 32.0 Å². The van der Waals surface area contributed by atoms with Gasteiger partial charge in [-0.25, -0.2) is 0 Å². The highest BCUT2D eigenvalue weighted by Crippen LogP contribution is 2.26. The van der Waals surface area contributed by atoms with E-state index in [4.69, 9.17) is 16.3 Å². The first-order chi connectivity index (χ1) is 12.6. The summed E-state index contributed by atoms with van der Waals surface area (Å²) in [5, 5.41) is 3.62. The standard InChI is InChI=1S/C20H21ClN2O3/c1-26-18-8-6-17(7-9-18)23-13-15(12-19(23)24)20(25)22-11-10-14-2-4-16(21)5-3-14/h2-9,15H,10-13H2,1H3,(H,22,25)/t15-/m1/s1. The van der Waals surface area contributed by atoms with Crippen molar-refractivity contribution in [2.45, 2.75) is 12.8 Å². The molecule has 0 aromatic heterocycles. The molecule has 2 aromatic rings. The zero-order valence-corrected chi connectivity index (χ0v) is 15.3. The van der Waals surface area contributed by atoms with Crippen molar-refractivity contribution in [3.05, 3.63) is 59.1 Å². The topological polar surface area (TPSA) is 58.6 Å². The summed E-state index contributed by atoms with van der Waals surface area (Å²) in [6.45, 7) is 0.936. The van der Waals surface area contributed by atoms with Gasteiger partial charge in [0.25, 0.3) is 0 Å². The van der Waals surface area contributed by atoms with Crippen LogP contribution in [-0.2, 0) is 16.0 Å². The van der Waals surface area contributed by atoms with Gasteiger partial charge >= 0.3 is 0 Å². The Balaban J connectivity index is 1.52. The van der Waals surface area contributed by atoms with Crippen LogP contribution in [0.25, 0.3) is 0 Å². The Bertz CT molecular complexity index is 775. The monoisotopic (exact) mass is 372 g/mol. The SMILES string of the molecule is COc1ccc(N2C[C@H](C(=O)NCCc3ccc(Cl)cc3)CC2=O)cc1. The van der Waals surface area contributed by atoms with Crippen LogP contribution in [0.1, 0.15) is 12.0 Å². The Morgan fingerprint density at radius 2 is 1.88 bits per heavy atom. The number of ether oxygens (including phenoxy) is 1. The van der Waals surface area contributed by atoms with Crippen LogP contribution in [0.3, 0.4) is 0 Å². The quantitative estimate of drug-likeness (QED) is 0.847. The van der Waals surface area contributed by atoms with Gasteiger partial charge in [-0.1, -0.05) is 23.7 Å². The minimum absolute atomic E-state index is 0.0342. The van der Waals surface area contributed by atoms with Crippen molar-refractivity contribution in [2.24, 2.45) is 5.92 Å². The van der Waals surface area contributed by atoms with Crippen LogP contribution < -0.4 is 15.0 Å². The van der Waals surface area contributed by atoms with Crippen molar-refractivity contribution in [1.29, 1.82) is 0 Å². The first-order valence-electron chi connectivity index (χ1n) is 8.53. The molecule has 1 heterocycles. The van der Waals surface area contributed by atoms with E-state index < -0.39 is 0 Å². The summed E-state index contributed by atoms with van der Waals surface area (Å²) in [4.78, 5) is 26.3. The summed E-state index contributed by atoms with van der Waals surface area (Å²) in [5.74, 6) is 0.294. The van der Waals surface area contributed by atoms with E-state index in [1.807, 2.05) is 48.5 Å². The number of halogens is 1. The van der Waals surface area contributed by atoms with E-state index in [2.05, 4.69) is 5.32 Å². The molecule has 1 N–H and O–H groups in total. The summed E-state index contributed by atoms with van der Waals surface area (Å²) in [6, 6.07) is 14.8. The Morgan fingerprint density at radius 1 is 1.19 bits per heavy atom. The number of anilines is 1. The molecule has 0 saturated carbocycles. The smallest absolute Gasteiger partial charge is 0.227 e. The Kier molecular flexibility index (Phi) is 5.78. The minimum atomic E-state index is -0.324. The van der Waals surface area contributed by atoms with Crippen LogP contribution in [0.15, 0.2) is 48.5 Å². The van der Waals surface area contributed by atoms with Gasteiger partial charge in [0.2, 0.25) is 11.8 Å². The van der Waals surface area contributed by atoms with Crippen molar-refractivity contribution in [3.63, 3.8) is 0 Å². The van der Waals surface area contributed by atoms with Gasteiger partial charge in [0.15, 0.2) is 0 Å². The number of hydrogen-bond acceptors (Lipinski definition) is 3. The molecule has 6 heteroatoms. The summed E-state index contributed by atoms with van der Waals surface area (Å²) in [6.07, 6.45) is 0.963. The fourth-order valence-corrected chi connectivity index (χ4v) is 3.15. The zero-order valence-electron chi connectivity index (χ0n) is 14.6. The second-order valence-electron chi connectivity index (χ2n) is 6.27. The molecule has 5 nitrogen and oxygen atoms in total. The fourth-order valence-electron chi connectivity index (χ4n) is 3.02. The third-order valence-corrected chi connectivity index (χ3v) is 4.76. The lowest BCUT2D eigenvalue weighted by molar-refractivity contribution is -0.126. The lowest BCUT2D eigenvalue weighted by Crippen LogP contribution is -2.34. The molecule has 2 aromatic carbocycles. The van der Waals surface area contributed by atoms with Gasteiger partial charge in [0, 0.05) is 30.2 Å². The highest BCUT2D eigenvalue weighted by Gasteiger charge is 2.34. The lowest BCUT2D eigenvalue weighted by atomic mass is 10.1. The van der Waals surface area contributed by atoms with Gasteiger partial charge in [-0.3, -0.25) is 9.59 Å². The Hall–Kier alpha value is -2.53. The summed E-state index contributed by atoms with van der Waals surface area (Å²) >= 11 is 5.86. The second kappa shape index (κ2) is 8.23. The van der Waals surface area contributed by atoms with E-state index in [9.17, 15) is 9.59 Å². The number of methoxy groups -OCH3 is 1. The molecule has 0 aliphatic carbocycles. The van der Waals surface area contributed by atoms with Crippen molar-refractivity contribution in [2.75, 3.05) is 25.1 Å². The maximum absolute atomic E-state index is 12.4. The Labute approximate surface area is 157 Å². The van der Waals surface area contributed by atoms with Gasteiger partial charge in [0.1, 0.15) is 5.75 Å². The molecule has 2 amide bonds. The first-order valence-corrected chi connectivity index (χ1v) is 8.91. The van der Waals surface area contributed by atoms with Gasteiger partial charge in [0.05, 0.1) is 13.0 Å². The van der Waals surface area contributed by atoms with Crippen molar-refractivity contribution in [3.8, 4) is 5.75 Å². The van der Waals surface area contributed by atoms with Gasteiger partial charge in [-0.15, -0.1) is 0 Å². The summed E-state index contributed by atoms with van der Waals surface area (Å²) < 4.78 is 5.13. The lowest BCUT2D eigenvalue weighted by Gasteiger charge is -2.17. The molecule has 0 radical (unpaired) electrons. The van der Waals surface area contributed by atoms with Crippen molar-refractivity contribution < 1.29 is 14.3 Å². The number of benzene rings is 2. The molecule has 0 spiro atoms. The normalized spacial score (nSPS) is 16.6. The maximum atomic E-state index is 12.4. The van der Waals surface area contributed by atoms with E-state index in [0.717, 1.165) is 23.4 Å². The molecule has 1 fully saturated rings. The number of nitrogens with one attached hydrogen (secondary N) is 1. The van der Waals surface area contributed by atoms with E-state index in [0.29, 0.717) is 18.1 Å². The number of carbonyl (C=O) groups is 2. The van der Waals surface area contributed by atoms with Crippen LogP contribution in [0.2, 0.25) is 5.02 Å². The molecule has 26 heavy (non-hydrogen) atoms. The second-order valence-corrected chi connectivity index (χ2v) is 6.71. The Morgan fingerprint density at radius 3 is 2.54 bits per heavy atom. The minimum Gasteiger partial charge on any atom is -0.497 e. The van der Waals surface area contributed by atoms with E-state index in [1.54, 1.807) is 12.0 Å². The number of carbonyl (C=O) groups excluding carboxylic acids is 2. The predicted octanol–water partition coefficient (Wildman–Crippen LogP) is 3.06. The van der Waals surface area contributed by atoms with E-state index >= 15 is 0 Å². The third-order valence-electron chi connectivity index (χ3n) is 4.51. The molecule has 0 bridgehead atoms. The predicted molar refractivity (Wildman–Crippen MR) is 102 cm³/mol. The van der Waals surface area contributed by atoms with Gasteiger partial charge in [-0.05, 0) is 48.4 Å². The highest BCUT2D eigenvalue weighted by molar-refractivity contribution is 6.30. The summed E-state index contributed by atoms with van der Waals surface area (Å²) in [5.41, 5.74) is 1.89. The van der Waals surface area contributed by atoms with Crippen LogP contribution in [0.4, 0.5) is 5.69 Å². The number of hydrogen-bond donors (Lipinski definition) is 1. The van der Waals surface area contributed by atoms with E-state index in [1.165, 1.54) is 0 Å². The molecule has 0 unspecified atom stereocenters. The average Bonchev–Trinajstić information content (AvgIpc) is 3.05. The van der Waals surface area contributed by atoms with Crippen LogP contribution in [0, 0.1) is 5.92 Å². The maximum Gasteiger partial charge on any atom is 0.227 e.